The lowest BCUT2D eigenvalue weighted by molar-refractivity contribution is -0.125. The smallest absolute Gasteiger partial charge is 0.393 e. The highest BCUT2D eigenvalue weighted by atomic mass is 31.2. The summed E-state index contributed by atoms with van der Waals surface area (Å²) in [5.41, 5.74) is 5.33. The Morgan fingerprint density at radius 2 is 1.22 bits per heavy atom. The van der Waals surface area contributed by atoms with Gasteiger partial charge in [-0.15, -0.1) is 0 Å². The molecule has 4 unspecified atom stereocenters. The third-order valence-electron chi connectivity index (χ3n) is 8.14. The number of phosphoric acid groups is 1. The highest BCUT2D eigenvalue weighted by Crippen LogP contribution is 2.43. The van der Waals surface area contributed by atoms with E-state index in [1.54, 1.807) is 0 Å². The van der Waals surface area contributed by atoms with Crippen molar-refractivity contribution in [2.75, 3.05) is 19.8 Å². The number of hydrogen-bond donors (Lipinski definition) is 5. The Bertz CT molecular complexity index is 796. The lowest BCUT2D eigenvalue weighted by atomic mass is 10.0. The van der Waals surface area contributed by atoms with Crippen molar-refractivity contribution >= 4 is 13.7 Å². The van der Waals surface area contributed by atoms with Gasteiger partial charge in [0.1, 0.15) is 0 Å². The SMILES string of the molecule is CCCCC/C=C\C=C/CCCCCCCCCCC(O)CC(=O)NC(COP(=O)(O)OCCN)C(O)CCCCCCCCC. The standard InChI is InChI=1S/C36H71N2O7P/c1-3-5-7-9-11-12-13-14-15-16-17-18-19-20-22-23-25-27-33(39)31-36(41)38-34(32-45-46(42,43)44-30-29-37)35(40)28-26-24-21-10-8-6-4-2/h11-14,33-35,39-40H,3-10,15-32,37H2,1-2H3,(H,38,41)(H,42,43)/b12-11-,14-13-. The van der Waals surface area contributed by atoms with Crippen molar-refractivity contribution in [3.8, 4) is 0 Å². The molecular formula is C36H71N2O7P. The van der Waals surface area contributed by atoms with Crippen LogP contribution in [0.3, 0.4) is 0 Å². The second-order valence-corrected chi connectivity index (χ2v) is 14.1. The molecule has 0 aliphatic carbocycles. The molecule has 0 saturated carbocycles. The first-order chi connectivity index (χ1) is 22.3. The van der Waals surface area contributed by atoms with E-state index in [1.165, 1.54) is 77.0 Å². The predicted octanol–water partition coefficient (Wildman–Crippen LogP) is 8.41. The van der Waals surface area contributed by atoms with Crippen molar-refractivity contribution in [1.82, 2.24) is 5.32 Å². The van der Waals surface area contributed by atoms with Crippen LogP contribution in [0.15, 0.2) is 24.3 Å². The van der Waals surface area contributed by atoms with E-state index in [2.05, 4.69) is 43.5 Å². The molecule has 272 valence electrons. The van der Waals surface area contributed by atoms with Gasteiger partial charge < -0.3 is 26.2 Å². The third-order valence-corrected chi connectivity index (χ3v) is 9.12. The van der Waals surface area contributed by atoms with Gasteiger partial charge in [-0.1, -0.05) is 141 Å². The van der Waals surface area contributed by atoms with E-state index < -0.39 is 32.0 Å². The van der Waals surface area contributed by atoms with Gasteiger partial charge in [-0.25, -0.2) is 4.57 Å². The molecule has 0 bridgehead atoms. The molecule has 0 radical (unpaired) electrons. The fourth-order valence-electron chi connectivity index (χ4n) is 5.29. The molecule has 0 aromatic carbocycles. The number of aliphatic hydroxyl groups excluding tert-OH is 2. The zero-order chi connectivity index (χ0) is 34.1. The molecule has 0 rings (SSSR count). The predicted molar refractivity (Wildman–Crippen MR) is 191 cm³/mol. The molecule has 10 heteroatoms. The van der Waals surface area contributed by atoms with Crippen LogP contribution < -0.4 is 11.1 Å². The molecule has 1 amide bonds. The number of carbonyl (C=O) groups is 1. The largest absolute Gasteiger partial charge is 0.472 e. The highest BCUT2D eigenvalue weighted by molar-refractivity contribution is 7.47. The molecule has 0 aromatic rings. The van der Waals surface area contributed by atoms with Gasteiger partial charge in [-0.2, -0.15) is 0 Å². The van der Waals surface area contributed by atoms with E-state index in [4.69, 9.17) is 14.8 Å². The van der Waals surface area contributed by atoms with Crippen LogP contribution in [0.4, 0.5) is 0 Å². The van der Waals surface area contributed by atoms with Gasteiger partial charge in [0.05, 0.1) is 37.9 Å². The zero-order valence-corrected chi connectivity index (χ0v) is 30.3. The van der Waals surface area contributed by atoms with Gasteiger partial charge >= 0.3 is 7.82 Å². The molecule has 6 N–H and O–H groups in total. The summed E-state index contributed by atoms with van der Waals surface area (Å²) < 4.78 is 21.9. The fourth-order valence-corrected chi connectivity index (χ4v) is 6.05. The van der Waals surface area contributed by atoms with Crippen molar-refractivity contribution in [2.45, 2.75) is 180 Å². The van der Waals surface area contributed by atoms with Gasteiger partial charge in [0, 0.05) is 6.54 Å². The number of nitrogens with one attached hydrogen (secondary N) is 1. The second kappa shape index (κ2) is 32.5. The van der Waals surface area contributed by atoms with Crippen molar-refractivity contribution in [3.05, 3.63) is 24.3 Å². The van der Waals surface area contributed by atoms with E-state index in [0.29, 0.717) is 12.8 Å². The average molecular weight is 675 g/mol. The first-order valence-corrected chi connectivity index (χ1v) is 20.0. The van der Waals surface area contributed by atoms with Crippen molar-refractivity contribution in [3.63, 3.8) is 0 Å². The Balaban J connectivity index is 4.24. The average Bonchev–Trinajstić information content (AvgIpc) is 3.03. The lowest BCUT2D eigenvalue weighted by Gasteiger charge is -2.25. The highest BCUT2D eigenvalue weighted by Gasteiger charge is 2.28. The molecule has 46 heavy (non-hydrogen) atoms. The van der Waals surface area contributed by atoms with E-state index in [-0.39, 0.29) is 26.2 Å². The van der Waals surface area contributed by atoms with Gasteiger partial charge in [0.15, 0.2) is 0 Å². The summed E-state index contributed by atoms with van der Waals surface area (Å²) in [5.74, 6) is -0.423. The van der Waals surface area contributed by atoms with Crippen molar-refractivity contribution in [1.29, 1.82) is 0 Å². The molecule has 0 aromatic heterocycles. The number of rotatable bonds is 34. The Morgan fingerprint density at radius 1 is 0.739 bits per heavy atom. The molecule has 9 nitrogen and oxygen atoms in total. The summed E-state index contributed by atoms with van der Waals surface area (Å²) >= 11 is 0. The number of phosphoric ester groups is 1. The van der Waals surface area contributed by atoms with Crippen LogP contribution in [-0.4, -0.2) is 59.0 Å². The topological polar surface area (TPSA) is 151 Å². The molecule has 0 fully saturated rings. The number of hydrogen-bond acceptors (Lipinski definition) is 7. The number of unbranched alkanes of at least 4 members (excludes halogenated alkanes) is 17. The number of nitrogens with two attached hydrogens (primary N) is 1. The minimum atomic E-state index is -4.36. The van der Waals surface area contributed by atoms with Crippen LogP contribution >= 0.6 is 7.82 Å². The normalized spacial score (nSPS) is 15.3. The number of carbonyl (C=O) groups excluding carboxylic acids is 1. The number of amides is 1. The molecule has 4 atom stereocenters. The lowest BCUT2D eigenvalue weighted by Crippen LogP contribution is -2.47. The van der Waals surface area contributed by atoms with Crippen LogP contribution in [0.25, 0.3) is 0 Å². The van der Waals surface area contributed by atoms with E-state index in [0.717, 1.165) is 51.4 Å². The van der Waals surface area contributed by atoms with Gasteiger partial charge in [-0.05, 0) is 38.5 Å². The van der Waals surface area contributed by atoms with Crippen LogP contribution in [0, 0.1) is 0 Å². The first-order valence-electron chi connectivity index (χ1n) is 18.5. The Kier molecular flexibility index (Phi) is 31.7. The van der Waals surface area contributed by atoms with Crippen LogP contribution in [-0.2, 0) is 18.4 Å². The zero-order valence-electron chi connectivity index (χ0n) is 29.4. The molecule has 0 heterocycles. The third kappa shape index (κ3) is 30.3. The van der Waals surface area contributed by atoms with Crippen LogP contribution in [0.1, 0.15) is 162 Å². The molecular weight excluding hydrogens is 603 g/mol. The minimum Gasteiger partial charge on any atom is -0.393 e. The second-order valence-electron chi connectivity index (χ2n) is 12.7. The van der Waals surface area contributed by atoms with Gasteiger partial charge in [0.25, 0.3) is 0 Å². The maximum absolute atomic E-state index is 12.7. The maximum atomic E-state index is 12.7. The van der Waals surface area contributed by atoms with Crippen molar-refractivity contribution in [2.24, 2.45) is 5.73 Å². The fraction of sp³-hybridized carbons (Fsp3) is 0.861. The quantitative estimate of drug-likeness (QED) is 0.0259. The molecule has 0 aliphatic heterocycles. The summed E-state index contributed by atoms with van der Waals surface area (Å²) in [6.45, 7) is 3.94. The van der Waals surface area contributed by atoms with E-state index in [9.17, 15) is 24.5 Å². The van der Waals surface area contributed by atoms with Gasteiger partial charge in [-0.3, -0.25) is 13.8 Å². The number of aliphatic hydroxyl groups is 2. The van der Waals surface area contributed by atoms with Gasteiger partial charge in [0.2, 0.25) is 5.91 Å². The van der Waals surface area contributed by atoms with E-state index >= 15 is 0 Å². The molecule has 0 saturated heterocycles. The van der Waals surface area contributed by atoms with Crippen LogP contribution in [0.5, 0.6) is 0 Å². The number of allylic oxidation sites excluding steroid dienone is 4. The van der Waals surface area contributed by atoms with Crippen LogP contribution in [0.2, 0.25) is 0 Å². The molecule has 0 aliphatic rings. The monoisotopic (exact) mass is 674 g/mol. The maximum Gasteiger partial charge on any atom is 0.472 e. The first kappa shape index (κ1) is 44.9. The Hall–Kier alpha value is -1.06. The summed E-state index contributed by atoms with van der Waals surface area (Å²) in [7, 11) is -4.36. The summed E-state index contributed by atoms with van der Waals surface area (Å²) in [6, 6.07) is -0.894. The van der Waals surface area contributed by atoms with Crippen molar-refractivity contribution < 1.29 is 33.5 Å². The summed E-state index contributed by atoms with van der Waals surface area (Å²) in [6.07, 6.45) is 31.0. The molecule has 0 spiro atoms. The summed E-state index contributed by atoms with van der Waals surface area (Å²) in [4.78, 5) is 22.6. The Morgan fingerprint density at radius 3 is 1.78 bits per heavy atom. The Labute approximate surface area is 281 Å². The summed E-state index contributed by atoms with van der Waals surface area (Å²) in [5, 5.41) is 23.9. The van der Waals surface area contributed by atoms with E-state index in [1.807, 2.05) is 0 Å². The minimum absolute atomic E-state index is 0.0581.